The number of fused-ring (bicyclic) bond motifs is 1. The van der Waals surface area contributed by atoms with E-state index in [2.05, 4.69) is 6.07 Å². The van der Waals surface area contributed by atoms with Crippen molar-refractivity contribution in [2.45, 2.75) is 24.9 Å². The molecular formula is C17H17FO2. The van der Waals surface area contributed by atoms with Gasteiger partial charge in [0.25, 0.3) is 0 Å². The van der Waals surface area contributed by atoms with Crippen LogP contribution in [0.4, 0.5) is 4.39 Å². The summed E-state index contributed by atoms with van der Waals surface area (Å²) in [6.07, 6.45) is 0.952. The van der Waals surface area contributed by atoms with E-state index in [0.717, 1.165) is 23.3 Å². The van der Waals surface area contributed by atoms with Gasteiger partial charge in [0.2, 0.25) is 0 Å². The molecule has 0 fully saturated rings. The lowest BCUT2D eigenvalue weighted by atomic mass is 9.86. The maximum absolute atomic E-state index is 12.9. The smallest absolute Gasteiger partial charge is 0.123 e. The molecule has 0 saturated carbocycles. The maximum atomic E-state index is 12.9. The molecule has 2 aromatic carbocycles. The Hall–Kier alpha value is -1.87. The van der Waals surface area contributed by atoms with Crippen molar-refractivity contribution in [3.63, 3.8) is 0 Å². The molecule has 0 bridgehead atoms. The van der Waals surface area contributed by atoms with Crippen molar-refractivity contribution < 1.29 is 14.2 Å². The van der Waals surface area contributed by atoms with Crippen LogP contribution < -0.4 is 4.74 Å². The third-order valence-electron chi connectivity index (χ3n) is 3.85. The van der Waals surface area contributed by atoms with Crippen LogP contribution in [0.2, 0.25) is 0 Å². The fourth-order valence-electron chi connectivity index (χ4n) is 2.75. The Morgan fingerprint density at radius 1 is 1.15 bits per heavy atom. The topological polar surface area (TPSA) is 29.5 Å². The molecule has 0 radical (unpaired) electrons. The van der Waals surface area contributed by atoms with Crippen LogP contribution in [0.1, 0.15) is 36.0 Å². The van der Waals surface area contributed by atoms with Gasteiger partial charge in [-0.3, -0.25) is 0 Å². The maximum Gasteiger partial charge on any atom is 0.123 e. The Balaban J connectivity index is 1.77. The molecule has 1 aliphatic heterocycles. The molecule has 2 unspecified atom stereocenters. The van der Waals surface area contributed by atoms with Gasteiger partial charge in [-0.15, -0.1) is 0 Å². The summed E-state index contributed by atoms with van der Waals surface area (Å²) in [6.45, 7) is 0.678. The first-order valence-electron chi connectivity index (χ1n) is 6.89. The fraction of sp³-hybridized carbons (Fsp3) is 0.294. The molecule has 2 atom stereocenters. The first kappa shape index (κ1) is 13.1. The molecular weight excluding hydrogens is 255 g/mol. The summed E-state index contributed by atoms with van der Waals surface area (Å²) in [5, 5.41) is 10.3. The van der Waals surface area contributed by atoms with Gasteiger partial charge in [-0.2, -0.15) is 0 Å². The molecule has 3 rings (SSSR count). The van der Waals surface area contributed by atoms with E-state index >= 15 is 0 Å². The summed E-state index contributed by atoms with van der Waals surface area (Å²) in [4.78, 5) is 0. The van der Waals surface area contributed by atoms with Gasteiger partial charge in [0, 0.05) is 0 Å². The van der Waals surface area contributed by atoms with E-state index in [1.54, 1.807) is 12.1 Å². The summed E-state index contributed by atoms with van der Waals surface area (Å²) >= 11 is 0. The van der Waals surface area contributed by atoms with Crippen LogP contribution in [0.25, 0.3) is 0 Å². The van der Waals surface area contributed by atoms with Crippen LogP contribution in [0, 0.1) is 5.82 Å². The fourth-order valence-corrected chi connectivity index (χ4v) is 2.75. The monoisotopic (exact) mass is 272 g/mol. The number of hydrogen-bond acceptors (Lipinski definition) is 2. The van der Waals surface area contributed by atoms with E-state index in [4.69, 9.17) is 4.74 Å². The minimum atomic E-state index is -0.577. The average molecular weight is 272 g/mol. The molecule has 20 heavy (non-hydrogen) atoms. The summed E-state index contributed by atoms with van der Waals surface area (Å²) < 4.78 is 18.5. The third kappa shape index (κ3) is 2.68. The van der Waals surface area contributed by atoms with Gasteiger partial charge in [-0.25, -0.2) is 4.39 Å². The number of ether oxygens (including phenoxy) is 1. The van der Waals surface area contributed by atoms with Crippen LogP contribution in [-0.4, -0.2) is 11.7 Å². The van der Waals surface area contributed by atoms with Crippen molar-refractivity contribution >= 4 is 0 Å². The lowest BCUT2D eigenvalue weighted by Gasteiger charge is -2.27. The minimum Gasteiger partial charge on any atom is -0.493 e. The predicted molar refractivity (Wildman–Crippen MR) is 75.3 cm³/mol. The van der Waals surface area contributed by atoms with E-state index in [1.807, 2.05) is 18.2 Å². The Bertz CT molecular complexity index is 580. The number of para-hydroxylation sites is 1. The first-order chi connectivity index (χ1) is 9.74. The van der Waals surface area contributed by atoms with Crippen LogP contribution in [0.15, 0.2) is 48.5 Å². The SMILES string of the molecule is OC(CC1CCOc2ccccc21)c1ccc(F)cc1. The van der Waals surface area contributed by atoms with Crippen molar-refractivity contribution in [2.24, 2.45) is 0 Å². The zero-order valence-corrected chi connectivity index (χ0v) is 11.1. The molecule has 0 saturated heterocycles. The zero-order chi connectivity index (χ0) is 13.9. The lowest BCUT2D eigenvalue weighted by Crippen LogP contribution is -2.16. The lowest BCUT2D eigenvalue weighted by molar-refractivity contribution is 0.145. The number of hydrogen-bond donors (Lipinski definition) is 1. The average Bonchev–Trinajstić information content (AvgIpc) is 2.48. The quantitative estimate of drug-likeness (QED) is 0.920. The van der Waals surface area contributed by atoms with E-state index in [9.17, 15) is 9.50 Å². The minimum absolute atomic E-state index is 0.278. The second-order valence-corrected chi connectivity index (χ2v) is 5.17. The van der Waals surface area contributed by atoms with Crippen molar-refractivity contribution in [3.05, 3.63) is 65.5 Å². The standard InChI is InChI=1S/C17H17FO2/c18-14-7-5-12(6-8-14)16(19)11-13-9-10-20-17-4-2-1-3-15(13)17/h1-8,13,16,19H,9-11H2. The number of rotatable bonds is 3. The summed E-state index contributed by atoms with van der Waals surface area (Å²) in [5.74, 6) is 0.910. The van der Waals surface area contributed by atoms with Crippen LogP contribution >= 0.6 is 0 Å². The van der Waals surface area contributed by atoms with Crippen molar-refractivity contribution in [1.29, 1.82) is 0 Å². The van der Waals surface area contributed by atoms with Crippen molar-refractivity contribution in [1.82, 2.24) is 0 Å². The van der Waals surface area contributed by atoms with Gasteiger partial charge in [0.05, 0.1) is 12.7 Å². The number of halogens is 1. The first-order valence-corrected chi connectivity index (χ1v) is 6.89. The summed E-state index contributed by atoms with van der Waals surface area (Å²) in [5.41, 5.74) is 1.91. The molecule has 0 aromatic heterocycles. The molecule has 2 aromatic rings. The zero-order valence-electron chi connectivity index (χ0n) is 11.1. The highest BCUT2D eigenvalue weighted by molar-refractivity contribution is 5.38. The van der Waals surface area contributed by atoms with Gasteiger partial charge >= 0.3 is 0 Å². The van der Waals surface area contributed by atoms with E-state index in [0.29, 0.717) is 13.0 Å². The largest absolute Gasteiger partial charge is 0.493 e. The third-order valence-corrected chi connectivity index (χ3v) is 3.85. The molecule has 1 heterocycles. The van der Waals surface area contributed by atoms with Gasteiger partial charge in [-0.1, -0.05) is 30.3 Å². The molecule has 104 valence electrons. The molecule has 3 heteroatoms. The highest BCUT2D eigenvalue weighted by Gasteiger charge is 2.24. The Morgan fingerprint density at radius 3 is 2.70 bits per heavy atom. The van der Waals surface area contributed by atoms with Gasteiger partial charge < -0.3 is 9.84 Å². The van der Waals surface area contributed by atoms with E-state index in [1.165, 1.54) is 12.1 Å². The molecule has 0 aliphatic carbocycles. The second kappa shape index (κ2) is 5.63. The van der Waals surface area contributed by atoms with Gasteiger partial charge in [0.15, 0.2) is 0 Å². The van der Waals surface area contributed by atoms with Crippen LogP contribution in [-0.2, 0) is 0 Å². The number of aliphatic hydroxyl groups is 1. The normalized spacial score (nSPS) is 19.0. The number of benzene rings is 2. The van der Waals surface area contributed by atoms with Crippen molar-refractivity contribution in [3.8, 4) is 5.75 Å². The Morgan fingerprint density at radius 2 is 1.90 bits per heavy atom. The highest BCUT2D eigenvalue weighted by atomic mass is 19.1. The molecule has 2 nitrogen and oxygen atoms in total. The molecule has 0 amide bonds. The summed E-state index contributed by atoms with van der Waals surface area (Å²) in [7, 11) is 0. The van der Waals surface area contributed by atoms with Crippen LogP contribution in [0.3, 0.4) is 0 Å². The number of aliphatic hydroxyl groups excluding tert-OH is 1. The second-order valence-electron chi connectivity index (χ2n) is 5.17. The van der Waals surface area contributed by atoms with Gasteiger partial charge in [-0.05, 0) is 48.1 Å². The predicted octanol–water partition coefficient (Wildman–Crippen LogP) is 3.82. The Kier molecular flexibility index (Phi) is 3.70. The van der Waals surface area contributed by atoms with Gasteiger partial charge in [0.1, 0.15) is 11.6 Å². The van der Waals surface area contributed by atoms with Crippen LogP contribution in [0.5, 0.6) is 5.75 Å². The molecule has 0 spiro atoms. The Labute approximate surface area is 117 Å². The highest BCUT2D eigenvalue weighted by Crippen LogP contribution is 2.38. The van der Waals surface area contributed by atoms with E-state index in [-0.39, 0.29) is 11.7 Å². The van der Waals surface area contributed by atoms with Crippen molar-refractivity contribution in [2.75, 3.05) is 6.61 Å². The van der Waals surface area contributed by atoms with E-state index < -0.39 is 6.10 Å². The summed E-state index contributed by atoms with van der Waals surface area (Å²) in [6, 6.07) is 14.0. The molecule has 1 aliphatic rings. The molecule has 1 N–H and O–H groups in total.